The lowest BCUT2D eigenvalue weighted by atomic mass is 9.81. The van der Waals surface area contributed by atoms with E-state index in [1.165, 1.54) is 4.90 Å². The lowest BCUT2D eigenvalue weighted by molar-refractivity contribution is -0.143. The van der Waals surface area contributed by atoms with Gasteiger partial charge in [0.05, 0.1) is 11.8 Å². The van der Waals surface area contributed by atoms with Crippen LogP contribution in [0.4, 0.5) is 0 Å². The normalized spacial score (nSPS) is 35.4. The van der Waals surface area contributed by atoms with Gasteiger partial charge in [0.2, 0.25) is 17.7 Å². The molecule has 0 aromatic carbocycles. The lowest BCUT2D eigenvalue weighted by Gasteiger charge is -2.29. The molecule has 2 saturated heterocycles. The fourth-order valence-corrected chi connectivity index (χ4v) is 4.07. The van der Waals surface area contributed by atoms with E-state index in [4.69, 9.17) is 0 Å². The highest BCUT2D eigenvalue weighted by atomic mass is 16.2. The molecular formula is C16H25N3O3. The Balaban J connectivity index is 1.57. The molecule has 4 atom stereocenters. The summed E-state index contributed by atoms with van der Waals surface area (Å²) in [6.07, 6.45) is 5.38. The highest BCUT2D eigenvalue weighted by Crippen LogP contribution is 2.37. The number of rotatable bonds is 3. The first-order valence-electron chi connectivity index (χ1n) is 8.44. The van der Waals surface area contributed by atoms with Crippen molar-refractivity contribution in [3.8, 4) is 0 Å². The number of amides is 3. The smallest absolute Gasteiger partial charge is 0.240 e. The molecule has 0 aromatic rings. The van der Waals surface area contributed by atoms with Gasteiger partial charge in [0.15, 0.2) is 0 Å². The molecule has 3 amide bonds. The Morgan fingerprint density at radius 1 is 1.18 bits per heavy atom. The summed E-state index contributed by atoms with van der Waals surface area (Å²) in [5.41, 5.74) is 0. The second-order valence-electron chi connectivity index (χ2n) is 6.90. The Kier molecular flexibility index (Phi) is 4.47. The summed E-state index contributed by atoms with van der Waals surface area (Å²) in [5.74, 6) is -0.826. The number of nitrogens with zero attached hydrogens (tertiary/aromatic N) is 1. The average Bonchev–Trinajstić information content (AvgIpc) is 2.73. The average molecular weight is 307 g/mol. The molecule has 1 saturated carbocycles. The minimum absolute atomic E-state index is 0.108. The van der Waals surface area contributed by atoms with Crippen LogP contribution in [0.5, 0.6) is 0 Å². The van der Waals surface area contributed by atoms with Crippen molar-refractivity contribution in [3.05, 3.63) is 0 Å². The maximum absolute atomic E-state index is 12.3. The maximum atomic E-state index is 12.3. The van der Waals surface area contributed by atoms with Crippen molar-refractivity contribution in [2.75, 3.05) is 13.1 Å². The van der Waals surface area contributed by atoms with Gasteiger partial charge in [0, 0.05) is 12.1 Å². The van der Waals surface area contributed by atoms with Gasteiger partial charge in [0.1, 0.15) is 6.54 Å². The second-order valence-corrected chi connectivity index (χ2v) is 6.90. The summed E-state index contributed by atoms with van der Waals surface area (Å²) < 4.78 is 0. The van der Waals surface area contributed by atoms with Gasteiger partial charge in [-0.1, -0.05) is 12.8 Å². The van der Waals surface area contributed by atoms with E-state index in [1.807, 2.05) is 0 Å². The third-order valence-corrected chi connectivity index (χ3v) is 5.22. The number of piperidine rings is 1. The van der Waals surface area contributed by atoms with E-state index < -0.39 is 0 Å². The zero-order valence-electron chi connectivity index (χ0n) is 13.1. The Bertz CT molecular complexity index is 455. The number of carbonyl (C=O) groups excluding carboxylic acids is 3. The third-order valence-electron chi connectivity index (χ3n) is 5.22. The summed E-state index contributed by atoms with van der Waals surface area (Å²) in [6, 6.07) is 0.524. The molecular weight excluding hydrogens is 282 g/mol. The van der Waals surface area contributed by atoms with E-state index in [2.05, 4.69) is 17.6 Å². The lowest BCUT2D eigenvalue weighted by Crippen LogP contribution is -2.49. The molecule has 2 aliphatic heterocycles. The highest BCUT2D eigenvalue weighted by Gasteiger charge is 2.48. The first kappa shape index (κ1) is 15.5. The fraction of sp³-hybridized carbons (Fsp3) is 0.812. The van der Waals surface area contributed by atoms with Crippen molar-refractivity contribution in [3.63, 3.8) is 0 Å². The predicted molar refractivity (Wildman–Crippen MR) is 80.8 cm³/mol. The Hall–Kier alpha value is -1.43. The summed E-state index contributed by atoms with van der Waals surface area (Å²) in [6.45, 7) is 2.87. The van der Waals surface area contributed by atoms with Crippen LogP contribution in [-0.4, -0.2) is 47.8 Å². The van der Waals surface area contributed by atoms with E-state index in [0.29, 0.717) is 6.04 Å². The Labute approximate surface area is 131 Å². The van der Waals surface area contributed by atoms with Gasteiger partial charge < -0.3 is 10.6 Å². The third kappa shape index (κ3) is 3.02. The number of hydrogen-bond acceptors (Lipinski definition) is 4. The van der Waals surface area contributed by atoms with Gasteiger partial charge in [-0.2, -0.15) is 0 Å². The Morgan fingerprint density at radius 3 is 2.41 bits per heavy atom. The van der Waals surface area contributed by atoms with Crippen LogP contribution in [0.25, 0.3) is 0 Å². The fourth-order valence-electron chi connectivity index (χ4n) is 4.07. The van der Waals surface area contributed by atoms with Gasteiger partial charge in [-0.3, -0.25) is 19.3 Å². The van der Waals surface area contributed by atoms with Crippen LogP contribution in [0.3, 0.4) is 0 Å². The van der Waals surface area contributed by atoms with Gasteiger partial charge in [-0.05, 0) is 39.2 Å². The van der Waals surface area contributed by atoms with Gasteiger partial charge in [0.25, 0.3) is 0 Å². The number of carbonyl (C=O) groups is 3. The summed E-state index contributed by atoms with van der Waals surface area (Å²) >= 11 is 0. The minimum atomic E-state index is -0.209. The van der Waals surface area contributed by atoms with Gasteiger partial charge >= 0.3 is 0 Å². The molecule has 3 rings (SSSR count). The number of likely N-dealkylation sites (tertiary alicyclic amines) is 1. The Morgan fingerprint density at radius 2 is 1.82 bits per heavy atom. The molecule has 1 aliphatic carbocycles. The van der Waals surface area contributed by atoms with Crippen molar-refractivity contribution in [1.82, 2.24) is 15.5 Å². The first-order valence-corrected chi connectivity index (χ1v) is 8.44. The molecule has 3 aliphatic rings. The van der Waals surface area contributed by atoms with Crippen molar-refractivity contribution in [2.45, 2.75) is 57.5 Å². The SMILES string of the molecule is CC1CC(NC(=O)CN2C(=O)C3CCCCC3C2=O)CCN1. The highest BCUT2D eigenvalue weighted by molar-refractivity contribution is 6.07. The minimum Gasteiger partial charge on any atom is -0.352 e. The first-order chi connectivity index (χ1) is 10.6. The van der Waals surface area contributed by atoms with Crippen LogP contribution >= 0.6 is 0 Å². The molecule has 0 spiro atoms. The molecule has 6 heteroatoms. The molecule has 0 aromatic heterocycles. The summed E-state index contributed by atoms with van der Waals surface area (Å²) in [4.78, 5) is 38.1. The van der Waals surface area contributed by atoms with E-state index in [1.54, 1.807) is 0 Å². The zero-order valence-corrected chi connectivity index (χ0v) is 13.1. The molecule has 6 nitrogen and oxygen atoms in total. The van der Waals surface area contributed by atoms with Crippen molar-refractivity contribution in [2.24, 2.45) is 11.8 Å². The summed E-state index contributed by atoms with van der Waals surface area (Å²) in [5, 5.41) is 6.31. The topological polar surface area (TPSA) is 78.5 Å². The van der Waals surface area contributed by atoms with E-state index in [-0.39, 0.29) is 42.1 Å². The van der Waals surface area contributed by atoms with Crippen molar-refractivity contribution < 1.29 is 14.4 Å². The summed E-state index contributed by atoms with van der Waals surface area (Å²) in [7, 11) is 0. The van der Waals surface area contributed by atoms with Crippen LogP contribution in [0.15, 0.2) is 0 Å². The van der Waals surface area contributed by atoms with E-state index in [0.717, 1.165) is 45.1 Å². The standard InChI is InChI=1S/C16H25N3O3/c1-10-8-11(6-7-17-10)18-14(20)9-19-15(21)12-4-2-3-5-13(12)16(19)22/h10-13,17H,2-9H2,1H3,(H,18,20). The zero-order chi connectivity index (χ0) is 15.7. The number of imide groups is 1. The van der Waals surface area contributed by atoms with Crippen LogP contribution in [0, 0.1) is 11.8 Å². The molecule has 4 unspecified atom stereocenters. The van der Waals surface area contributed by atoms with E-state index in [9.17, 15) is 14.4 Å². The predicted octanol–water partition coefficient (Wildman–Crippen LogP) is 0.418. The molecule has 2 heterocycles. The molecule has 122 valence electrons. The maximum Gasteiger partial charge on any atom is 0.240 e. The van der Waals surface area contributed by atoms with Gasteiger partial charge in [-0.15, -0.1) is 0 Å². The second kappa shape index (κ2) is 6.36. The quantitative estimate of drug-likeness (QED) is 0.741. The monoisotopic (exact) mass is 307 g/mol. The number of nitrogens with one attached hydrogen (secondary N) is 2. The van der Waals surface area contributed by atoms with Crippen LogP contribution in [0.1, 0.15) is 45.4 Å². The van der Waals surface area contributed by atoms with Crippen molar-refractivity contribution >= 4 is 17.7 Å². The molecule has 22 heavy (non-hydrogen) atoms. The molecule has 2 N–H and O–H groups in total. The van der Waals surface area contributed by atoms with Crippen LogP contribution < -0.4 is 10.6 Å². The van der Waals surface area contributed by atoms with Crippen LogP contribution in [-0.2, 0) is 14.4 Å². The van der Waals surface area contributed by atoms with E-state index >= 15 is 0 Å². The van der Waals surface area contributed by atoms with Gasteiger partial charge in [-0.25, -0.2) is 0 Å². The van der Waals surface area contributed by atoms with Crippen LogP contribution in [0.2, 0.25) is 0 Å². The molecule has 0 bridgehead atoms. The number of fused-ring (bicyclic) bond motifs is 1. The van der Waals surface area contributed by atoms with Crippen molar-refractivity contribution in [1.29, 1.82) is 0 Å². The number of hydrogen-bond donors (Lipinski definition) is 2. The largest absolute Gasteiger partial charge is 0.352 e. The molecule has 3 fully saturated rings. The molecule has 0 radical (unpaired) electrons.